The summed E-state index contributed by atoms with van der Waals surface area (Å²) < 4.78 is 5.90. The van der Waals surface area contributed by atoms with Crippen LogP contribution >= 0.6 is 0 Å². The lowest BCUT2D eigenvalue weighted by atomic mass is 10.2. The van der Waals surface area contributed by atoms with E-state index in [1.807, 2.05) is 19.0 Å². The number of nitrogens with zero attached hydrogens (tertiary/aromatic N) is 7. The van der Waals surface area contributed by atoms with Gasteiger partial charge in [0, 0.05) is 19.2 Å². The van der Waals surface area contributed by atoms with Gasteiger partial charge in [0.2, 0.25) is 17.5 Å². The Kier molecular flexibility index (Phi) is 6.12. The first-order chi connectivity index (χ1) is 14.3. The number of nitrogens with two attached hydrogens (primary N) is 1. The summed E-state index contributed by atoms with van der Waals surface area (Å²) in [5.74, 6) is -0.554. The number of anilines is 2. The largest absolute Gasteiger partial charge is 0.378 e. The smallest absolute Gasteiger partial charge is 0.293 e. The second-order valence-corrected chi connectivity index (χ2v) is 6.51. The Hall–Kier alpha value is -4.13. The second-order valence-electron chi connectivity index (χ2n) is 6.51. The quantitative estimate of drug-likeness (QED) is 0.357. The molecule has 0 fully saturated rings. The van der Waals surface area contributed by atoms with E-state index in [4.69, 9.17) is 5.73 Å². The highest BCUT2D eigenvalue weighted by Gasteiger charge is 2.24. The average molecular weight is 412 g/mol. The van der Waals surface area contributed by atoms with Gasteiger partial charge in [-0.2, -0.15) is 9.78 Å². The Balaban J connectivity index is 1.75. The summed E-state index contributed by atoms with van der Waals surface area (Å²) in [5, 5.41) is 21.7. The molecule has 3 rings (SSSR count). The van der Waals surface area contributed by atoms with E-state index in [0.29, 0.717) is 17.9 Å². The highest BCUT2D eigenvalue weighted by molar-refractivity contribution is 5.94. The third-order valence-electron chi connectivity index (χ3n) is 3.75. The number of hydrogen-bond donors (Lipinski definition) is 3. The third kappa shape index (κ3) is 4.82. The predicted molar refractivity (Wildman–Crippen MR) is 107 cm³/mol. The molecule has 4 N–H and O–H groups in total. The van der Waals surface area contributed by atoms with Gasteiger partial charge in [-0.05, 0) is 42.1 Å². The lowest BCUT2D eigenvalue weighted by Gasteiger charge is -2.11. The fourth-order valence-electron chi connectivity index (χ4n) is 2.50. The number of rotatable bonds is 7. The van der Waals surface area contributed by atoms with Crippen LogP contribution in [-0.4, -0.2) is 62.3 Å². The van der Waals surface area contributed by atoms with Crippen LogP contribution in [0.1, 0.15) is 28.7 Å². The fourth-order valence-corrected chi connectivity index (χ4v) is 2.50. The van der Waals surface area contributed by atoms with Crippen LogP contribution in [0.5, 0.6) is 0 Å². The third-order valence-corrected chi connectivity index (χ3v) is 3.75. The maximum absolute atomic E-state index is 12.6. The van der Waals surface area contributed by atoms with E-state index in [9.17, 15) is 9.59 Å². The second kappa shape index (κ2) is 8.91. The average Bonchev–Trinajstić information content (AvgIpc) is 3.28. The van der Waals surface area contributed by atoms with E-state index in [1.54, 1.807) is 24.3 Å². The molecule has 13 nitrogen and oxygen atoms in total. The first kappa shape index (κ1) is 20.6. The molecule has 0 aliphatic heterocycles. The minimum absolute atomic E-state index is 0.0209. The molecule has 30 heavy (non-hydrogen) atoms. The van der Waals surface area contributed by atoms with Crippen molar-refractivity contribution in [3.63, 3.8) is 0 Å². The zero-order valence-corrected chi connectivity index (χ0v) is 16.5. The summed E-state index contributed by atoms with van der Waals surface area (Å²) in [6, 6.07) is 6.94. The summed E-state index contributed by atoms with van der Waals surface area (Å²) >= 11 is 0. The molecule has 2 amide bonds. The molecule has 2 heterocycles. The van der Waals surface area contributed by atoms with Gasteiger partial charge in [-0.1, -0.05) is 17.3 Å². The molecule has 0 radical (unpaired) electrons. The summed E-state index contributed by atoms with van der Waals surface area (Å²) in [4.78, 5) is 25.5. The Morgan fingerprint density at radius 2 is 2.00 bits per heavy atom. The van der Waals surface area contributed by atoms with Gasteiger partial charge in [0.1, 0.15) is 0 Å². The van der Waals surface area contributed by atoms with Crippen LogP contribution in [0.15, 0.2) is 34.0 Å². The number of benzene rings is 1. The van der Waals surface area contributed by atoms with Crippen molar-refractivity contribution >= 4 is 29.5 Å². The van der Waals surface area contributed by atoms with Crippen molar-refractivity contribution in [1.82, 2.24) is 35.6 Å². The molecule has 13 heteroatoms. The van der Waals surface area contributed by atoms with Crippen molar-refractivity contribution in [2.75, 3.05) is 25.1 Å². The fraction of sp³-hybridized carbons (Fsp3) is 0.235. The number of hydrogen-bond acceptors (Lipinski definition) is 10. The molecule has 0 bridgehead atoms. The molecule has 0 saturated carbocycles. The maximum atomic E-state index is 12.6. The van der Waals surface area contributed by atoms with Gasteiger partial charge in [-0.25, -0.2) is 10.1 Å². The zero-order valence-electron chi connectivity index (χ0n) is 16.5. The SMILES string of the molecule is CC(=O)Nc1ccc(C=NNC(=O)c2nnn(-c3nonc3N)c2CN(C)C)cc1. The topological polar surface area (TPSA) is 169 Å². The van der Waals surface area contributed by atoms with Gasteiger partial charge in [0.05, 0.1) is 11.9 Å². The monoisotopic (exact) mass is 412 g/mol. The number of amides is 2. The minimum Gasteiger partial charge on any atom is -0.378 e. The Morgan fingerprint density at radius 1 is 1.27 bits per heavy atom. The molecule has 0 unspecified atom stereocenters. The Bertz CT molecular complexity index is 1070. The van der Waals surface area contributed by atoms with Crippen molar-refractivity contribution in [3.8, 4) is 5.82 Å². The Morgan fingerprint density at radius 3 is 2.60 bits per heavy atom. The van der Waals surface area contributed by atoms with E-state index < -0.39 is 5.91 Å². The molecule has 0 spiro atoms. The summed E-state index contributed by atoms with van der Waals surface area (Å²) in [7, 11) is 3.65. The molecular weight excluding hydrogens is 392 g/mol. The lowest BCUT2D eigenvalue weighted by Crippen LogP contribution is -2.23. The van der Waals surface area contributed by atoms with Crippen LogP contribution in [0.3, 0.4) is 0 Å². The van der Waals surface area contributed by atoms with Crippen LogP contribution in [0.4, 0.5) is 11.5 Å². The molecule has 2 aromatic heterocycles. The number of nitrogens with one attached hydrogen (secondary N) is 2. The molecule has 3 aromatic rings. The van der Waals surface area contributed by atoms with E-state index in [2.05, 4.69) is 41.1 Å². The molecular formula is C17H20N10O3. The van der Waals surface area contributed by atoms with Crippen molar-refractivity contribution in [2.24, 2.45) is 5.10 Å². The van der Waals surface area contributed by atoms with Crippen LogP contribution in [-0.2, 0) is 11.3 Å². The van der Waals surface area contributed by atoms with Gasteiger partial charge in [0.25, 0.3) is 5.91 Å². The maximum Gasteiger partial charge on any atom is 0.293 e. The zero-order chi connectivity index (χ0) is 21.7. The van der Waals surface area contributed by atoms with E-state index >= 15 is 0 Å². The van der Waals surface area contributed by atoms with Gasteiger partial charge in [0.15, 0.2) is 5.69 Å². The van der Waals surface area contributed by atoms with Crippen LogP contribution in [0, 0.1) is 0 Å². The number of carbonyl (C=O) groups is 2. The minimum atomic E-state index is -0.556. The molecule has 0 saturated heterocycles. The van der Waals surface area contributed by atoms with Crippen molar-refractivity contribution in [1.29, 1.82) is 0 Å². The summed E-state index contributed by atoms with van der Waals surface area (Å²) in [6.07, 6.45) is 1.46. The van der Waals surface area contributed by atoms with Gasteiger partial charge in [-0.3, -0.25) is 9.59 Å². The summed E-state index contributed by atoms with van der Waals surface area (Å²) in [6.45, 7) is 1.76. The lowest BCUT2D eigenvalue weighted by molar-refractivity contribution is -0.114. The first-order valence-electron chi connectivity index (χ1n) is 8.74. The molecule has 1 aromatic carbocycles. The summed E-state index contributed by atoms with van der Waals surface area (Å²) in [5.41, 5.74) is 10.0. The van der Waals surface area contributed by atoms with Crippen LogP contribution < -0.4 is 16.5 Å². The predicted octanol–water partition coefficient (Wildman–Crippen LogP) is 0.0164. The number of aromatic nitrogens is 5. The van der Waals surface area contributed by atoms with Crippen molar-refractivity contribution in [3.05, 3.63) is 41.2 Å². The van der Waals surface area contributed by atoms with E-state index in [-0.39, 0.29) is 23.2 Å². The number of nitrogen functional groups attached to an aromatic ring is 1. The highest BCUT2D eigenvalue weighted by Crippen LogP contribution is 2.16. The van der Waals surface area contributed by atoms with Gasteiger partial charge < -0.3 is 16.0 Å². The van der Waals surface area contributed by atoms with Gasteiger partial charge >= 0.3 is 0 Å². The number of hydrazone groups is 1. The molecule has 156 valence electrons. The van der Waals surface area contributed by atoms with Crippen LogP contribution in [0.25, 0.3) is 5.82 Å². The Labute approximate surface area is 170 Å². The van der Waals surface area contributed by atoms with Gasteiger partial charge in [-0.15, -0.1) is 5.10 Å². The normalized spacial score (nSPS) is 11.2. The molecule has 0 aliphatic rings. The molecule has 0 aliphatic carbocycles. The highest BCUT2D eigenvalue weighted by atomic mass is 16.6. The van der Waals surface area contributed by atoms with E-state index in [1.165, 1.54) is 17.8 Å². The van der Waals surface area contributed by atoms with E-state index in [0.717, 1.165) is 5.56 Å². The van der Waals surface area contributed by atoms with Crippen LogP contribution in [0.2, 0.25) is 0 Å². The standard InChI is InChI=1S/C17H20N10O3/c1-10(28)20-12-6-4-11(5-7-12)8-19-22-17(29)14-13(9-26(2)3)27(25-21-14)16-15(18)23-30-24-16/h4-8H,9H2,1-3H3,(H2,18,23)(H,20,28)(H,22,29). The number of carbonyl (C=O) groups excluding carboxylic acids is 2. The van der Waals surface area contributed by atoms with Crippen molar-refractivity contribution < 1.29 is 14.2 Å². The first-order valence-corrected chi connectivity index (χ1v) is 8.74. The molecule has 0 atom stereocenters. The van der Waals surface area contributed by atoms with Crippen molar-refractivity contribution in [2.45, 2.75) is 13.5 Å².